The van der Waals surface area contributed by atoms with Gasteiger partial charge in [-0.05, 0) is 12.8 Å². The number of hydrogen-bond donors (Lipinski definition) is 4. The Bertz CT molecular complexity index is 1010. The summed E-state index contributed by atoms with van der Waals surface area (Å²) < 4.78 is 0. The summed E-state index contributed by atoms with van der Waals surface area (Å²) in [4.78, 5) is 12.6. The van der Waals surface area contributed by atoms with Crippen LogP contribution in [0, 0.1) is 0 Å². The minimum absolute atomic E-state index is 0.133. The Kier molecular flexibility index (Phi) is 63.3. The van der Waals surface area contributed by atoms with Gasteiger partial charge in [-0.25, -0.2) is 0 Å². The topological polar surface area (TPSA) is 89.8 Å². The molecule has 0 aromatic heterocycles. The molecule has 0 rings (SSSR count). The first-order valence-electron chi connectivity index (χ1n) is 34.3. The zero-order valence-corrected chi connectivity index (χ0v) is 50.3. The van der Waals surface area contributed by atoms with Crippen LogP contribution in [0.4, 0.5) is 0 Å². The van der Waals surface area contributed by atoms with Gasteiger partial charge in [0.2, 0.25) is 5.91 Å². The van der Waals surface area contributed by atoms with Crippen LogP contribution >= 0.6 is 0 Å². The molecule has 0 radical (unpaired) electrons. The summed E-state index contributed by atoms with van der Waals surface area (Å²) in [6, 6.07) is -0.806. The number of hydrogen-bond acceptors (Lipinski definition) is 4. The fourth-order valence-electron chi connectivity index (χ4n) is 11.5. The maximum absolute atomic E-state index is 12.6. The van der Waals surface area contributed by atoms with Gasteiger partial charge in [-0.3, -0.25) is 4.79 Å². The van der Waals surface area contributed by atoms with Crippen LogP contribution in [-0.2, 0) is 4.79 Å². The molecular formula is C68H137NO4. The van der Waals surface area contributed by atoms with Gasteiger partial charge in [-0.1, -0.05) is 386 Å². The summed E-state index contributed by atoms with van der Waals surface area (Å²) in [5.74, 6) is -0.133. The van der Waals surface area contributed by atoms with E-state index in [9.17, 15) is 20.1 Å². The van der Waals surface area contributed by atoms with Crippen LogP contribution in [-0.4, -0.2) is 46.1 Å². The first-order valence-corrected chi connectivity index (χ1v) is 34.3. The fraction of sp³-hybridized carbons (Fsp3) is 0.985. The lowest BCUT2D eigenvalue weighted by Crippen LogP contribution is -2.50. The van der Waals surface area contributed by atoms with E-state index in [1.165, 1.54) is 347 Å². The first kappa shape index (κ1) is 72.3. The molecule has 438 valence electrons. The van der Waals surface area contributed by atoms with Crippen molar-refractivity contribution in [3.8, 4) is 0 Å². The molecule has 0 bridgehead atoms. The van der Waals surface area contributed by atoms with E-state index in [4.69, 9.17) is 0 Å². The Morgan fingerprint density at radius 1 is 0.288 bits per heavy atom. The van der Waals surface area contributed by atoms with Gasteiger partial charge in [0.25, 0.3) is 0 Å². The normalized spacial score (nSPS) is 13.0. The summed E-state index contributed by atoms with van der Waals surface area (Å²) in [6.07, 6.45) is 80.4. The Morgan fingerprint density at radius 3 is 0.658 bits per heavy atom. The van der Waals surface area contributed by atoms with Crippen LogP contribution in [0.25, 0.3) is 0 Å². The molecule has 0 aliphatic rings. The molecular weight excluding hydrogens is 895 g/mol. The van der Waals surface area contributed by atoms with Crippen molar-refractivity contribution in [1.29, 1.82) is 0 Å². The monoisotopic (exact) mass is 1030 g/mol. The summed E-state index contributed by atoms with van der Waals surface area (Å²) in [6.45, 7) is 4.24. The van der Waals surface area contributed by atoms with E-state index in [1.807, 2.05) is 0 Å². The average molecular weight is 1030 g/mol. The van der Waals surface area contributed by atoms with Crippen LogP contribution in [0.2, 0.25) is 0 Å². The molecule has 0 aliphatic heterocycles. The summed E-state index contributed by atoms with van der Waals surface area (Å²) in [5.41, 5.74) is 0. The smallest absolute Gasteiger partial charge is 0.220 e. The number of carbonyl (C=O) groups excluding carboxylic acids is 1. The van der Waals surface area contributed by atoms with Crippen molar-refractivity contribution in [2.45, 2.75) is 424 Å². The van der Waals surface area contributed by atoms with Gasteiger partial charge in [0.15, 0.2) is 0 Å². The van der Waals surface area contributed by atoms with Crippen LogP contribution in [0.3, 0.4) is 0 Å². The average Bonchev–Trinajstić information content (AvgIpc) is 3.40. The Balaban J connectivity index is 3.41. The van der Waals surface area contributed by atoms with E-state index in [0.717, 1.165) is 32.1 Å². The SMILES string of the molecule is CCCCCCCCCCCCCCCCCCCCCCCCCCCCCCCCCCCCCCCC(=O)NC(CO)C(O)C(O)CCCCCCCCCCCCCCCCCCCCCCCC. The van der Waals surface area contributed by atoms with Crippen molar-refractivity contribution in [2.24, 2.45) is 0 Å². The van der Waals surface area contributed by atoms with Crippen LogP contribution in [0.5, 0.6) is 0 Å². The number of rotatable bonds is 65. The van der Waals surface area contributed by atoms with Gasteiger partial charge in [0, 0.05) is 6.42 Å². The number of amides is 1. The molecule has 3 atom stereocenters. The second-order valence-electron chi connectivity index (χ2n) is 24.1. The van der Waals surface area contributed by atoms with Crippen molar-refractivity contribution in [2.75, 3.05) is 6.61 Å². The Labute approximate surface area is 459 Å². The number of carbonyl (C=O) groups is 1. The van der Waals surface area contributed by atoms with Gasteiger partial charge in [0.1, 0.15) is 6.10 Å². The molecule has 5 nitrogen and oxygen atoms in total. The van der Waals surface area contributed by atoms with Gasteiger partial charge >= 0.3 is 0 Å². The molecule has 3 unspecified atom stereocenters. The van der Waals surface area contributed by atoms with Crippen LogP contribution in [0.1, 0.15) is 406 Å². The Morgan fingerprint density at radius 2 is 0.466 bits per heavy atom. The first-order chi connectivity index (χ1) is 36.1. The molecule has 1 amide bonds. The second-order valence-corrected chi connectivity index (χ2v) is 24.1. The summed E-state index contributed by atoms with van der Waals surface area (Å²) in [7, 11) is 0. The van der Waals surface area contributed by atoms with E-state index in [0.29, 0.717) is 12.8 Å². The Hall–Kier alpha value is -0.650. The lowest BCUT2D eigenvalue weighted by molar-refractivity contribution is -0.124. The fourth-order valence-corrected chi connectivity index (χ4v) is 11.5. The molecule has 0 spiro atoms. The van der Waals surface area contributed by atoms with Crippen molar-refractivity contribution >= 4 is 5.91 Å². The number of nitrogens with one attached hydrogen (secondary N) is 1. The molecule has 73 heavy (non-hydrogen) atoms. The zero-order valence-electron chi connectivity index (χ0n) is 50.3. The van der Waals surface area contributed by atoms with Crippen molar-refractivity contribution < 1.29 is 20.1 Å². The third-order valence-electron chi connectivity index (χ3n) is 16.7. The maximum atomic E-state index is 12.6. The molecule has 0 aromatic carbocycles. The number of unbranched alkanes of at least 4 members (excludes halogenated alkanes) is 57. The van der Waals surface area contributed by atoms with Gasteiger partial charge in [0.05, 0.1) is 18.8 Å². The maximum Gasteiger partial charge on any atom is 0.220 e. The highest BCUT2D eigenvalue weighted by molar-refractivity contribution is 5.76. The van der Waals surface area contributed by atoms with E-state index < -0.39 is 18.2 Å². The minimum atomic E-state index is -1.13. The van der Waals surface area contributed by atoms with Gasteiger partial charge < -0.3 is 20.6 Å². The molecule has 0 aromatic rings. The predicted octanol–water partition coefficient (Wildman–Crippen LogP) is 22.0. The van der Waals surface area contributed by atoms with Crippen molar-refractivity contribution in [3.05, 3.63) is 0 Å². The third-order valence-corrected chi connectivity index (χ3v) is 16.7. The number of aliphatic hydroxyl groups is 3. The van der Waals surface area contributed by atoms with E-state index in [1.54, 1.807) is 0 Å². The van der Waals surface area contributed by atoms with Crippen LogP contribution in [0.15, 0.2) is 0 Å². The second kappa shape index (κ2) is 63.9. The molecule has 0 heterocycles. The highest BCUT2D eigenvalue weighted by atomic mass is 16.3. The third kappa shape index (κ3) is 58.9. The van der Waals surface area contributed by atoms with Gasteiger partial charge in [-0.2, -0.15) is 0 Å². The van der Waals surface area contributed by atoms with Gasteiger partial charge in [-0.15, -0.1) is 0 Å². The predicted molar refractivity (Wildman–Crippen MR) is 324 cm³/mol. The molecule has 0 fully saturated rings. The van der Waals surface area contributed by atoms with E-state index >= 15 is 0 Å². The summed E-state index contributed by atoms with van der Waals surface area (Å²) >= 11 is 0. The number of aliphatic hydroxyl groups excluding tert-OH is 3. The standard InChI is InChI=1S/C68H137NO4/c1-3-5-7-9-11-13-15-17-19-21-23-25-27-28-29-30-31-32-33-34-35-36-37-38-39-40-41-43-45-47-49-51-53-55-57-59-61-63-67(72)69-65(64-70)68(73)66(71)62-60-58-56-54-52-50-48-46-44-42-26-24-22-20-18-16-14-12-10-8-6-4-2/h65-66,68,70-71,73H,3-64H2,1-2H3,(H,69,72). The molecule has 5 heteroatoms. The van der Waals surface area contributed by atoms with Crippen LogP contribution < -0.4 is 5.32 Å². The lowest BCUT2D eigenvalue weighted by Gasteiger charge is -2.26. The highest BCUT2D eigenvalue weighted by Crippen LogP contribution is 2.20. The molecule has 4 N–H and O–H groups in total. The minimum Gasteiger partial charge on any atom is -0.394 e. The zero-order chi connectivity index (χ0) is 52.9. The molecule has 0 saturated heterocycles. The molecule has 0 saturated carbocycles. The molecule has 0 aliphatic carbocycles. The highest BCUT2D eigenvalue weighted by Gasteiger charge is 2.26. The van der Waals surface area contributed by atoms with E-state index in [-0.39, 0.29) is 12.5 Å². The quantitative estimate of drug-likeness (QED) is 0.0457. The largest absolute Gasteiger partial charge is 0.394 e. The summed E-state index contributed by atoms with van der Waals surface area (Å²) in [5, 5.41) is 33.9. The van der Waals surface area contributed by atoms with Crippen molar-refractivity contribution in [1.82, 2.24) is 5.32 Å². The lowest BCUT2D eigenvalue weighted by atomic mass is 9.99. The van der Waals surface area contributed by atoms with E-state index in [2.05, 4.69) is 19.2 Å². The van der Waals surface area contributed by atoms with Crippen molar-refractivity contribution in [3.63, 3.8) is 0 Å².